The summed E-state index contributed by atoms with van der Waals surface area (Å²) in [5, 5.41) is 0. The maximum absolute atomic E-state index is 5.76. The van der Waals surface area contributed by atoms with Crippen LogP contribution >= 0.6 is 0 Å². The Balaban J connectivity index is 2.20. The standard InChI is InChI=1S/C12H17NO2/c1-13-7-8-15-12(9-13)10-5-3-4-6-11(10)14-2/h3-6,12H,7-9H2,1-2H3. The first-order valence-corrected chi connectivity index (χ1v) is 5.24. The van der Waals surface area contributed by atoms with E-state index in [0.717, 1.165) is 31.0 Å². The van der Waals surface area contributed by atoms with Crippen LogP contribution in [0.3, 0.4) is 0 Å². The molecule has 0 N–H and O–H groups in total. The van der Waals surface area contributed by atoms with Gasteiger partial charge in [-0.25, -0.2) is 0 Å². The Bertz CT molecular complexity index is 327. The normalized spacial score (nSPS) is 22.7. The van der Waals surface area contributed by atoms with Crippen molar-refractivity contribution in [3.63, 3.8) is 0 Å². The van der Waals surface area contributed by atoms with Crippen molar-refractivity contribution in [3.05, 3.63) is 29.8 Å². The van der Waals surface area contributed by atoms with E-state index in [1.54, 1.807) is 7.11 Å². The van der Waals surface area contributed by atoms with Crippen molar-refractivity contribution < 1.29 is 9.47 Å². The topological polar surface area (TPSA) is 21.7 Å². The molecule has 0 saturated carbocycles. The van der Waals surface area contributed by atoms with E-state index >= 15 is 0 Å². The monoisotopic (exact) mass is 207 g/mol. The van der Waals surface area contributed by atoms with Gasteiger partial charge < -0.3 is 14.4 Å². The number of morpholine rings is 1. The van der Waals surface area contributed by atoms with Gasteiger partial charge in [-0.1, -0.05) is 18.2 Å². The maximum atomic E-state index is 5.76. The maximum Gasteiger partial charge on any atom is 0.124 e. The average Bonchev–Trinajstić information content (AvgIpc) is 2.29. The number of benzene rings is 1. The molecule has 0 aromatic heterocycles. The Labute approximate surface area is 90.6 Å². The van der Waals surface area contributed by atoms with Crippen LogP contribution in [0.2, 0.25) is 0 Å². The predicted octanol–water partition coefficient (Wildman–Crippen LogP) is 1.70. The van der Waals surface area contributed by atoms with Gasteiger partial charge in [0.05, 0.1) is 19.8 Å². The molecule has 1 unspecified atom stereocenters. The van der Waals surface area contributed by atoms with E-state index < -0.39 is 0 Å². The van der Waals surface area contributed by atoms with E-state index in [-0.39, 0.29) is 6.10 Å². The summed E-state index contributed by atoms with van der Waals surface area (Å²) < 4.78 is 11.1. The largest absolute Gasteiger partial charge is 0.496 e. The SMILES string of the molecule is COc1ccccc1C1CN(C)CCO1. The van der Waals surface area contributed by atoms with Crippen molar-refractivity contribution >= 4 is 0 Å². The molecule has 1 aromatic carbocycles. The third-order valence-corrected chi connectivity index (χ3v) is 2.76. The van der Waals surface area contributed by atoms with Gasteiger partial charge in [-0.15, -0.1) is 0 Å². The van der Waals surface area contributed by atoms with Gasteiger partial charge in [-0.2, -0.15) is 0 Å². The molecule has 15 heavy (non-hydrogen) atoms. The van der Waals surface area contributed by atoms with Crippen molar-refractivity contribution in [1.82, 2.24) is 4.90 Å². The molecule has 3 nitrogen and oxygen atoms in total. The molecule has 1 aliphatic heterocycles. The summed E-state index contributed by atoms with van der Waals surface area (Å²) in [6.07, 6.45) is 0.139. The Morgan fingerprint density at radius 3 is 2.93 bits per heavy atom. The predicted molar refractivity (Wildman–Crippen MR) is 59.2 cm³/mol. The molecule has 82 valence electrons. The van der Waals surface area contributed by atoms with E-state index in [9.17, 15) is 0 Å². The lowest BCUT2D eigenvalue weighted by Crippen LogP contribution is -2.35. The Morgan fingerprint density at radius 1 is 1.40 bits per heavy atom. The third kappa shape index (κ3) is 2.30. The highest BCUT2D eigenvalue weighted by molar-refractivity contribution is 5.35. The molecule has 1 fully saturated rings. The molecule has 2 rings (SSSR count). The smallest absolute Gasteiger partial charge is 0.124 e. The van der Waals surface area contributed by atoms with Crippen LogP contribution in [-0.2, 0) is 4.74 Å². The fourth-order valence-electron chi connectivity index (χ4n) is 1.90. The number of rotatable bonds is 2. The van der Waals surface area contributed by atoms with Crippen LogP contribution in [0.25, 0.3) is 0 Å². The van der Waals surface area contributed by atoms with Gasteiger partial charge >= 0.3 is 0 Å². The highest BCUT2D eigenvalue weighted by Gasteiger charge is 2.21. The molecule has 1 aliphatic rings. The summed E-state index contributed by atoms with van der Waals surface area (Å²) in [6, 6.07) is 8.06. The van der Waals surface area contributed by atoms with Gasteiger partial charge in [0.2, 0.25) is 0 Å². The number of likely N-dealkylation sites (N-methyl/N-ethyl adjacent to an activating group) is 1. The van der Waals surface area contributed by atoms with Gasteiger partial charge in [-0.05, 0) is 13.1 Å². The lowest BCUT2D eigenvalue weighted by molar-refractivity contribution is -0.0219. The van der Waals surface area contributed by atoms with Crippen LogP contribution in [0.4, 0.5) is 0 Å². The second-order valence-electron chi connectivity index (χ2n) is 3.86. The molecule has 0 bridgehead atoms. The summed E-state index contributed by atoms with van der Waals surface area (Å²) in [6.45, 7) is 2.73. The fraction of sp³-hybridized carbons (Fsp3) is 0.500. The minimum Gasteiger partial charge on any atom is -0.496 e. The number of hydrogen-bond donors (Lipinski definition) is 0. The zero-order valence-corrected chi connectivity index (χ0v) is 9.27. The minimum absolute atomic E-state index is 0.139. The summed E-state index contributed by atoms with van der Waals surface area (Å²) in [5.74, 6) is 0.915. The van der Waals surface area contributed by atoms with Crippen LogP contribution in [-0.4, -0.2) is 38.8 Å². The number of nitrogens with zero attached hydrogens (tertiary/aromatic N) is 1. The zero-order chi connectivity index (χ0) is 10.7. The molecular weight excluding hydrogens is 190 g/mol. The highest BCUT2D eigenvalue weighted by atomic mass is 16.5. The van der Waals surface area contributed by atoms with Crippen LogP contribution in [0.15, 0.2) is 24.3 Å². The minimum atomic E-state index is 0.139. The van der Waals surface area contributed by atoms with Crippen molar-refractivity contribution in [2.24, 2.45) is 0 Å². The van der Waals surface area contributed by atoms with Crippen molar-refractivity contribution in [2.45, 2.75) is 6.10 Å². The average molecular weight is 207 g/mol. The van der Waals surface area contributed by atoms with Crippen LogP contribution in [0.5, 0.6) is 5.75 Å². The van der Waals surface area contributed by atoms with Gasteiger partial charge in [0.15, 0.2) is 0 Å². The van der Waals surface area contributed by atoms with E-state index in [4.69, 9.17) is 9.47 Å². The lowest BCUT2D eigenvalue weighted by atomic mass is 10.1. The van der Waals surface area contributed by atoms with Crippen molar-refractivity contribution in [3.8, 4) is 5.75 Å². The lowest BCUT2D eigenvalue weighted by Gasteiger charge is -2.30. The molecule has 0 spiro atoms. The number of ether oxygens (including phenoxy) is 2. The molecule has 3 heteroatoms. The van der Waals surface area contributed by atoms with E-state index in [0.29, 0.717) is 0 Å². The third-order valence-electron chi connectivity index (χ3n) is 2.76. The van der Waals surface area contributed by atoms with Crippen LogP contribution in [0, 0.1) is 0 Å². The first-order valence-electron chi connectivity index (χ1n) is 5.24. The van der Waals surface area contributed by atoms with Crippen molar-refractivity contribution in [2.75, 3.05) is 33.9 Å². The molecular formula is C12H17NO2. The zero-order valence-electron chi connectivity index (χ0n) is 9.27. The van der Waals surface area contributed by atoms with Crippen LogP contribution in [0.1, 0.15) is 11.7 Å². The molecule has 0 amide bonds. The highest BCUT2D eigenvalue weighted by Crippen LogP contribution is 2.29. The molecule has 0 radical (unpaired) electrons. The second-order valence-corrected chi connectivity index (χ2v) is 3.86. The quantitative estimate of drug-likeness (QED) is 0.736. The molecule has 1 saturated heterocycles. The summed E-state index contributed by atoms with van der Waals surface area (Å²) >= 11 is 0. The first-order chi connectivity index (χ1) is 7.31. The Hall–Kier alpha value is -1.06. The Morgan fingerprint density at radius 2 is 2.20 bits per heavy atom. The summed E-state index contributed by atoms with van der Waals surface area (Å²) in [4.78, 5) is 2.28. The first kappa shape index (κ1) is 10.5. The Kier molecular flexibility index (Phi) is 3.23. The number of para-hydroxylation sites is 1. The van der Waals surface area contributed by atoms with Crippen molar-refractivity contribution in [1.29, 1.82) is 0 Å². The summed E-state index contributed by atoms with van der Waals surface area (Å²) in [7, 11) is 3.82. The van der Waals surface area contributed by atoms with Crippen LogP contribution < -0.4 is 4.74 Å². The summed E-state index contributed by atoms with van der Waals surface area (Å²) in [5.41, 5.74) is 1.14. The number of methoxy groups -OCH3 is 1. The molecule has 1 heterocycles. The van der Waals surface area contributed by atoms with Gasteiger partial charge in [0.25, 0.3) is 0 Å². The molecule has 1 aromatic rings. The molecule has 1 atom stereocenters. The number of hydrogen-bond acceptors (Lipinski definition) is 3. The van der Waals surface area contributed by atoms with Gasteiger partial charge in [0.1, 0.15) is 5.75 Å². The second kappa shape index (κ2) is 4.64. The van der Waals surface area contributed by atoms with Gasteiger partial charge in [0, 0.05) is 18.7 Å². The van der Waals surface area contributed by atoms with Gasteiger partial charge in [-0.3, -0.25) is 0 Å². The van der Waals surface area contributed by atoms with E-state index in [1.807, 2.05) is 18.2 Å². The molecule has 0 aliphatic carbocycles. The van der Waals surface area contributed by atoms with E-state index in [2.05, 4.69) is 18.0 Å². The fourth-order valence-corrected chi connectivity index (χ4v) is 1.90. The van der Waals surface area contributed by atoms with E-state index in [1.165, 1.54) is 0 Å².